The van der Waals surface area contributed by atoms with Gasteiger partial charge >= 0.3 is 0 Å². The van der Waals surface area contributed by atoms with Crippen molar-refractivity contribution < 1.29 is 4.79 Å². The van der Waals surface area contributed by atoms with Crippen molar-refractivity contribution >= 4 is 23.5 Å². The summed E-state index contributed by atoms with van der Waals surface area (Å²) in [7, 11) is 0. The molecular formula is C26H37N3OS. The van der Waals surface area contributed by atoms with Crippen LogP contribution in [0.25, 0.3) is 0 Å². The third-order valence-corrected chi connectivity index (χ3v) is 7.14. The van der Waals surface area contributed by atoms with E-state index in [9.17, 15) is 4.79 Å². The monoisotopic (exact) mass is 439 g/mol. The van der Waals surface area contributed by atoms with Gasteiger partial charge in [-0.05, 0) is 80.5 Å². The Labute approximate surface area is 192 Å². The molecule has 0 aliphatic carbocycles. The number of carbonyl (C=O) groups is 1. The molecule has 0 aromatic heterocycles. The van der Waals surface area contributed by atoms with Crippen LogP contribution in [0.4, 0.5) is 5.69 Å². The molecule has 1 saturated heterocycles. The molecule has 3 rings (SSSR count). The molecule has 1 atom stereocenters. The van der Waals surface area contributed by atoms with Crippen LogP contribution < -0.4 is 4.72 Å². The summed E-state index contributed by atoms with van der Waals surface area (Å²) in [5, 5.41) is 0. The van der Waals surface area contributed by atoms with Gasteiger partial charge in [-0.1, -0.05) is 38.5 Å². The minimum atomic E-state index is 0.157. The van der Waals surface area contributed by atoms with Crippen LogP contribution >= 0.6 is 11.9 Å². The van der Waals surface area contributed by atoms with E-state index in [0.29, 0.717) is 6.04 Å². The first kappa shape index (κ1) is 23.7. The maximum atomic E-state index is 13.2. The Hall–Kier alpha value is -1.98. The molecule has 1 heterocycles. The number of hydrogen-bond donors (Lipinski definition) is 1. The van der Waals surface area contributed by atoms with Crippen molar-refractivity contribution in [1.29, 1.82) is 0 Å². The number of anilines is 1. The van der Waals surface area contributed by atoms with Crippen LogP contribution in [-0.4, -0.2) is 47.9 Å². The van der Waals surface area contributed by atoms with E-state index in [-0.39, 0.29) is 5.91 Å². The van der Waals surface area contributed by atoms with E-state index in [0.717, 1.165) is 60.7 Å². The summed E-state index contributed by atoms with van der Waals surface area (Å²) in [6, 6.07) is 15.4. The first-order valence-electron chi connectivity index (χ1n) is 11.7. The van der Waals surface area contributed by atoms with Crippen LogP contribution in [-0.2, 0) is 6.42 Å². The summed E-state index contributed by atoms with van der Waals surface area (Å²) >= 11 is 1.56. The van der Waals surface area contributed by atoms with Crippen molar-refractivity contribution in [1.82, 2.24) is 9.80 Å². The predicted molar refractivity (Wildman–Crippen MR) is 133 cm³/mol. The molecule has 2 aromatic rings. The zero-order valence-electron chi connectivity index (χ0n) is 19.5. The Morgan fingerprint density at radius 1 is 1.06 bits per heavy atom. The van der Waals surface area contributed by atoms with Crippen LogP contribution in [0, 0.1) is 6.92 Å². The van der Waals surface area contributed by atoms with E-state index in [1.54, 1.807) is 11.9 Å². The summed E-state index contributed by atoms with van der Waals surface area (Å²) in [6.45, 7) is 12.3. The van der Waals surface area contributed by atoms with Crippen molar-refractivity contribution in [3.05, 3.63) is 59.2 Å². The van der Waals surface area contributed by atoms with Crippen molar-refractivity contribution in [2.45, 2.75) is 64.3 Å². The summed E-state index contributed by atoms with van der Waals surface area (Å²) < 4.78 is 3.42. The van der Waals surface area contributed by atoms with E-state index in [4.69, 9.17) is 0 Å². The first-order valence-corrected chi connectivity index (χ1v) is 12.5. The van der Waals surface area contributed by atoms with Gasteiger partial charge in [0.1, 0.15) is 0 Å². The average molecular weight is 440 g/mol. The highest BCUT2D eigenvalue weighted by Crippen LogP contribution is 2.25. The van der Waals surface area contributed by atoms with Crippen molar-refractivity contribution in [2.24, 2.45) is 0 Å². The highest BCUT2D eigenvalue weighted by molar-refractivity contribution is 8.00. The van der Waals surface area contributed by atoms with Gasteiger partial charge in [-0.3, -0.25) is 9.69 Å². The number of nitrogens with one attached hydrogen (secondary N) is 1. The summed E-state index contributed by atoms with van der Waals surface area (Å²) in [6.07, 6.45) is 4.74. The number of aryl methyl sites for hydroxylation is 2. The molecule has 4 nitrogen and oxygen atoms in total. The second-order valence-corrected chi connectivity index (χ2v) is 9.45. The minimum absolute atomic E-state index is 0.157. The SMILES string of the molecule is CCCCc1ccc(NSc2ccc(C)c(C(=O)N3CCN(C(C)CC)CC3)c2)cc1. The summed E-state index contributed by atoms with van der Waals surface area (Å²) in [5.41, 5.74) is 4.33. The van der Waals surface area contributed by atoms with Gasteiger partial charge < -0.3 is 9.62 Å². The molecule has 2 aromatic carbocycles. The number of amides is 1. The maximum absolute atomic E-state index is 13.2. The molecule has 0 bridgehead atoms. The number of carbonyl (C=O) groups excluding carboxylic acids is 1. The molecule has 0 radical (unpaired) electrons. The van der Waals surface area contributed by atoms with Crippen LogP contribution in [0.15, 0.2) is 47.4 Å². The minimum Gasteiger partial charge on any atom is -0.336 e. The Morgan fingerprint density at radius 2 is 1.77 bits per heavy atom. The molecule has 168 valence electrons. The summed E-state index contributed by atoms with van der Waals surface area (Å²) in [4.78, 5) is 18.8. The Morgan fingerprint density at radius 3 is 2.42 bits per heavy atom. The molecular weight excluding hydrogens is 402 g/mol. The number of piperazine rings is 1. The Balaban J connectivity index is 1.59. The smallest absolute Gasteiger partial charge is 0.254 e. The molecule has 1 fully saturated rings. The normalized spacial score (nSPS) is 15.7. The fourth-order valence-corrected chi connectivity index (χ4v) is 4.61. The van der Waals surface area contributed by atoms with Gasteiger partial charge in [0.25, 0.3) is 5.91 Å². The van der Waals surface area contributed by atoms with E-state index in [1.165, 1.54) is 18.4 Å². The Bertz CT molecular complexity index is 844. The molecule has 1 unspecified atom stereocenters. The fraction of sp³-hybridized carbons (Fsp3) is 0.500. The molecule has 0 spiro atoms. The molecule has 5 heteroatoms. The molecule has 1 amide bonds. The van der Waals surface area contributed by atoms with Crippen LogP contribution in [0.1, 0.15) is 61.5 Å². The number of rotatable bonds is 9. The number of benzene rings is 2. The van der Waals surface area contributed by atoms with Crippen LogP contribution in [0.5, 0.6) is 0 Å². The van der Waals surface area contributed by atoms with Crippen molar-refractivity contribution in [3.8, 4) is 0 Å². The summed E-state index contributed by atoms with van der Waals surface area (Å²) in [5.74, 6) is 0.157. The second-order valence-electron chi connectivity index (χ2n) is 8.57. The lowest BCUT2D eigenvalue weighted by atomic mass is 10.1. The lowest BCUT2D eigenvalue weighted by molar-refractivity contribution is 0.0579. The van der Waals surface area contributed by atoms with E-state index in [1.807, 2.05) is 17.9 Å². The molecule has 1 aliphatic heterocycles. The fourth-order valence-electron chi connectivity index (χ4n) is 3.93. The predicted octanol–water partition coefficient (Wildman–Crippen LogP) is 6.01. The first-order chi connectivity index (χ1) is 15.0. The van der Waals surface area contributed by atoms with Crippen molar-refractivity contribution in [2.75, 3.05) is 30.9 Å². The lowest BCUT2D eigenvalue weighted by Gasteiger charge is -2.38. The van der Waals surface area contributed by atoms with Gasteiger partial charge in [0.2, 0.25) is 0 Å². The highest BCUT2D eigenvalue weighted by Gasteiger charge is 2.25. The lowest BCUT2D eigenvalue weighted by Crippen LogP contribution is -2.51. The van der Waals surface area contributed by atoms with E-state index in [2.05, 4.69) is 66.8 Å². The zero-order valence-corrected chi connectivity index (χ0v) is 20.3. The molecule has 1 N–H and O–H groups in total. The second kappa shape index (κ2) is 11.6. The Kier molecular flexibility index (Phi) is 8.85. The van der Waals surface area contributed by atoms with Crippen LogP contribution in [0.2, 0.25) is 0 Å². The van der Waals surface area contributed by atoms with Gasteiger partial charge in [0.05, 0.1) is 0 Å². The van der Waals surface area contributed by atoms with Gasteiger partial charge in [0, 0.05) is 48.4 Å². The van der Waals surface area contributed by atoms with Gasteiger partial charge in [-0.2, -0.15) is 0 Å². The third kappa shape index (κ3) is 6.50. The van der Waals surface area contributed by atoms with Gasteiger partial charge in [-0.15, -0.1) is 0 Å². The number of nitrogens with zero attached hydrogens (tertiary/aromatic N) is 2. The zero-order chi connectivity index (χ0) is 22.2. The maximum Gasteiger partial charge on any atom is 0.254 e. The highest BCUT2D eigenvalue weighted by atomic mass is 32.2. The van der Waals surface area contributed by atoms with Gasteiger partial charge in [0.15, 0.2) is 0 Å². The quantitative estimate of drug-likeness (QED) is 0.485. The van der Waals surface area contributed by atoms with Gasteiger partial charge in [-0.25, -0.2) is 0 Å². The van der Waals surface area contributed by atoms with E-state index >= 15 is 0 Å². The number of hydrogen-bond acceptors (Lipinski definition) is 4. The average Bonchev–Trinajstić information content (AvgIpc) is 2.82. The standard InChI is InChI=1S/C26H37N3OS/c1-5-7-8-22-10-12-23(13-11-22)27-31-24-14-9-20(3)25(19-24)26(30)29-17-15-28(16-18-29)21(4)6-2/h9-14,19,21,27H,5-8,15-18H2,1-4H3. The molecule has 1 aliphatic rings. The molecule has 0 saturated carbocycles. The number of unbranched alkanes of at least 4 members (excludes halogenated alkanes) is 1. The third-order valence-electron chi connectivity index (χ3n) is 6.31. The van der Waals surface area contributed by atoms with Crippen LogP contribution in [0.3, 0.4) is 0 Å². The van der Waals surface area contributed by atoms with Crippen molar-refractivity contribution in [3.63, 3.8) is 0 Å². The topological polar surface area (TPSA) is 35.6 Å². The molecule has 31 heavy (non-hydrogen) atoms. The van der Waals surface area contributed by atoms with E-state index < -0.39 is 0 Å². The largest absolute Gasteiger partial charge is 0.336 e.